The number of H-pyrrole nitrogens is 1. The molecule has 0 bridgehead atoms. The van der Waals surface area contributed by atoms with Crippen molar-refractivity contribution >= 4 is 11.6 Å². The van der Waals surface area contributed by atoms with Crippen molar-refractivity contribution < 1.29 is 27.0 Å². The minimum atomic E-state index is -4.79. The van der Waals surface area contributed by atoms with Crippen molar-refractivity contribution in [3.8, 4) is 5.75 Å². The van der Waals surface area contributed by atoms with E-state index >= 15 is 4.39 Å². The molecule has 1 saturated heterocycles. The van der Waals surface area contributed by atoms with Gasteiger partial charge in [-0.15, -0.1) is 18.3 Å². The van der Waals surface area contributed by atoms with E-state index in [0.717, 1.165) is 11.1 Å². The maximum Gasteiger partial charge on any atom is 0.573 e. The van der Waals surface area contributed by atoms with Crippen molar-refractivity contribution in [2.75, 3.05) is 30.0 Å². The summed E-state index contributed by atoms with van der Waals surface area (Å²) < 4.78 is 62.5. The number of hydrogen-bond donors (Lipinski definition) is 2. The van der Waals surface area contributed by atoms with Crippen molar-refractivity contribution in [3.63, 3.8) is 0 Å². The van der Waals surface area contributed by atoms with Gasteiger partial charge in [-0.3, -0.25) is 0 Å². The van der Waals surface area contributed by atoms with Crippen LogP contribution in [0.5, 0.6) is 5.75 Å². The van der Waals surface area contributed by atoms with Crippen LogP contribution >= 0.6 is 0 Å². The number of aromatic nitrogens is 6. The molecule has 14 heteroatoms. The molecule has 5 rings (SSSR count). The first-order valence-electron chi connectivity index (χ1n) is 11.6. The molecule has 0 unspecified atom stereocenters. The summed E-state index contributed by atoms with van der Waals surface area (Å²) in [5.74, 6) is -0.218. The van der Waals surface area contributed by atoms with Crippen LogP contribution < -0.4 is 15.0 Å². The Hall–Kier alpha value is -4.33. The van der Waals surface area contributed by atoms with Gasteiger partial charge in [0, 0.05) is 19.5 Å². The lowest BCUT2D eigenvalue weighted by molar-refractivity contribution is -0.274. The maximum atomic E-state index is 15.5. The van der Waals surface area contributed by atoms with E-state index in [0.29, 0.717) is 37.5 Å². The first kappa shape index (κ1) is 25.3. The summed E-state index contributed by atoms with van der Waals surface area (Å²) >= 11 is 0. The Morgan fingerprint density at radius 1 is 1.05 bits per heavy atom. The zero-order valence-corrected chi connectivity index (χ0v) is 19.8. The average Bonchev–Trinajstić information content (AvgIpc) is 3.42. The topological polar surface area (TPSA) is 114 Å². The Morgan fingerprint density at radius 2 is 1.82 bits per heavy atom. The summed E-state index contributed by atoms with van der Waals surface area (Å²) in [6, 6.07) is 12.6. The molecule has 38 heavy (non-hydrogen) atoms. The maximum absolute atomic E-state index is 15.5. The lowest BCUT2D eigenvalue weighted by atomic mass is 10.0. The monoisotopic (exact) mass is 530 g/mol. The molecule has 0 saturated carbocycles. The van der Waals surface area contributed by atoms with E-state index in [1.807, 2.05) is 24.3 Å². The second-order valence-corrected chi connectivity index (χ2v) is 8.46. The van der Waals surface area contributed by atoms with Crippen LogP contribution in [-0.4, -0.2) is 56.7 Å². The molecule has 2 aromatic heterocycles. The number of hydrogen-bond acceptors (Lipinski definition) is 9. The van der Waals surface area contributed by atoms with Crippen LogP contribution in [0.4, 0.5) is 29.2 Å². The summed E-state index contributed by atoms with van der Waals surface area (Å²) in [6.45, 7) is 1.21. The van der Waals surface area contributed by atoms with Crippen LogP contribution in [0.15, 0.2) is 54.9 Å². The Kier molecular flexibility index (Phi) is 7.31. The van der Waals surface area contributed by atoms with Crippen LogP contribution in [0.2, 0.25) is 0 Å². The predicted molar refractivity (Wildman–Crippen MR) is 127 cm³/mol. The molecule has 0 amide bonds. The van der Waals surface area contributed by atoms with Crippen LogP contribution in [0, 0.1) is 5.82 Å². The van der Waals surface area contributed by atoms with Crippen LogP contribution in [0.25, 0.3) is 0 Å². The molecule has 198 valence electrons. The summed E-state index contributed by atoms with van der Waals surface area (Å²) in [4.78, 5) is 9.93. The van der Waals surface area contributed by atoms with Crippen LogP contribution in [0.1, 0.15) is 28.6 Å². The Balaban J connectivity index is 1.28. The van der Waals surface area contributed by atoms with E-state index in [2.05, 4.69) is 40.6 Å². The third-order valence-electron chi connectivity index (χ3n) is 5.91. The van der Waals surface area contributed by atoms with E-state index in [1.165, 1.54) is 30.6 Å². The van der Waals surface area contributed by atoms with E-state index in [-0.39, 0.29) is 24.0 Å². The van der Waals surface area contributed by atoms with Crippen molar-refractivity contribution in [1.29, 1.82) is 0 Å². The van der Waals surface area contributed by atoms with Gasteiger partial charge in [0.05, 0.1) is 19.3 Å². The fourth-order valence-corrected chi connectivity index (χ4v) is 4.12. The standard InChI is InChI=1S/C24H22F4N8O2/c25-21-22(29-12-16-3-1-15(2-4-16)11-20-32-34-35-33-20)30-14-31-23(21)36-9-10-37-13-19(36)17-5-7-18(8-6-17)38-24(26,27)28/h1-8,14,19H,9-13H2,(H,29,30,31)(H,32,33,34,35)/t19-/m1/s1. The molecule has 1 fully saturated rings. The van der Waals surface area contributed by atoms with E-state index < -0.39 is 18.2 Å². The highest BCUT2D eigenvalue weighted by atomic mass is 19.4. The SMILES string of the molecule is Fc1c(NCc2ccc(Cc3nnn[nH]3)cc2)ncnc1N1CCOC[C@@H]1c1ccc(OC(F)(F)F)cc1. The molecule has 1 aliphatic heterocycles. The molecule has 1 aliphatic rings. The van der Waals surface area contributed by atoms with Gasteiger partial charge in [-0.1, -0.05) is 36.4 Å². The van der Waals surface area contributed by atoms with Gasteiger partial charge in [-0.05, 0) is 39.2 Å². The van der Waals surface area contributed by atoms with E-state index in [4.69, 9.17) is 4.74 Å². The minimum absolute atomic E-state index is 0.0333. The van der Waals surface area contributed by atoms with Gasteiger partial charge in [0.15, 0.2) is 17.5 Å². The molecule has 3 heterocycles. The number of ether oxygens (including phenoxy) is 2. The third kappa shape index (κ3) is 6.14. The zero-order valence-electron chi connectivity index (χ0n) is 19.8. The van der Waals surface area contributed by atoms with Crippen LogP contribution in [0.3, 0.4) is 0 Å². The lowest BCUT2D eigenvalue weighted by Crippen LogP contribution is -2.40. The molecule has 1 atom stereocenters. The van der Waals surface area contributed by atoms with Crippen molar-refractivity contribution in [2.24, 2.45) is 0 Å². The average molecular weight is 530 g/mol. The highest BCUT2D eigenvalue weighted by Crippen LogP contribution is 2.33. The fraction of sp³-hybridized carbons (Fsp3) is 0.292. The number of anilines is 2. The molecule has 4 aromatic rings. The molecule has 0 spiro atoms. The largest absolute Gasteiger partial charge is 0.573 e. The first-order chi connectivity index (χ1) is 18.4. The number of nitrogens with zero attached hydrogens (tertiary/aromatic N) is 6. The number of morpholine rings is 1. The van der Waals surface area contributed by atoms with Gasteiger partial charge < -0.3 is 19.7 Å². The molecule has 2 aromatic carbocycles. The van der Waals surface area contributed by atoms with Crippen molar-refractivity contribution in [2.45, 2.75) is 25.4 Å². The lowest BCUT2D eigenvalue weighted by Gasteiger charge is -2.37. The number of rotatable bonds is 8. The predicted octanol–water partition coefficient (Wildman–Crippen LogP) is 3.81. The van der Waals surface area contributed by atoms with Gasteiger partial charge in [-0.25, -0.2) is 15.1 Å². The molecule has 0 radical (unpaired) electrons. The quantitative estimate of drug-likeness (QED) is 0.328. The summed E-state index contributed by atoms with van der Waals surface area (Å²) in [5, 5.41) is 16.7. The normalized spacial score (nSPS) is 15.9. The molecular weight excluding hydrogens is 508 g/mol. The summed E-state index contributed by atoms with van der Waals surface area (Å²) in [7, 11) is 0. The highest BCUT2D eigenvalue weighted by molar-refractivity contribution is 5.53. The number of tetrazole rings is 1. The van der Waals surface area contributed by atoms with Gasteiger partial charge in [0.1, 0.15) is 12.1 Å². The van der Waals surface area contributed by atoms with Gasteiger partial charge in [0.2, 0.25) is 5.82 Å². The molecule has 10 nitrogen and oxygen atoms in total. The first-order valence-corrected chi connectivity index (χ1v) is 11.6. The smallest absolute Gasteiger partial charge is 0.406 e. The van der Waals surface area contributed by atoms with Gasteiger partial charge in [0.25, 0.3) is 0 Å². The fourth-order valence-electron chi connectivity index (χ4n) is 4.12. The second kappa shape index (κ2) is 11.0. The van der Waals surface area contributed by atoms with Gasteiger partial charge >= 0.3 is 6.36 Å². The molecular formula is C24H22F4N8O2. The Bertz CT molecular complexity index is 1340. The van der Waals surface area contributed by atoms with Crippen molar-refractivity contribution in [3.05, 3.63) is 83.2 Å². The summed E-state index contributed by atoms with van der Waals surface area (Å²) in [6.07, 6.45) is -2.96. The number of aromatic amines is 1. The zero-order chi connectivity index (χ0) is 26.5. The van der Waals surface area contributed by atoms with Crippen LogP contribution in [-0.2, 0) is 17.7 Å². The highest BCUT2D eigenvalue weighted by Gasteiger charge is 2.32. The molecule has 2 N–H and O–H groups in total. The minimum Gasteiger partial charge on any atom is -0.406 e. The van der Waals surface area contributed by atoms with E-state index in [1.54, 1.807) is 4.90 Å². The molecule has 0 aliphatic carbocycles. The number of nitrogens with one attached hydrogen (secondary N) is 2. The third-order valence-corrected chi connectivity index (χ3v) is 5.91. The summed E-state index contributed by atoms with van der Waals surface area (Å²) in [5.41, 5.74) is 2.56. The van der Waals surface area contributed by atoms with Gasteiger partial charge in [-0.2, -0.15) is 4.39 Å². The Morgan fingerprint density at radius 3 is 2.53 bits per heavy atom. The van der Waals surface area contributed by atoms with E-state index in [9.17, 15) is 13.2 Å². The number of halogens is 4. The number of benzene rings is 2. The Labute approximate surface area is 214 Å². The van der Waals surface area contributed by atoms with Crippen molar-refractivity contribution in [1.82, 2.24) is 30.6 Å². The second-order valence-electron chi connectivity index (χ2n) is 8.46. The number of alkyl halides is 3.